The predicted octanol–water partition coefficient (Wildman–Crippen LogP) is 4.30. The Morgan fingerprint density at radius 3 is 2.74 bits per heavy atom. The first-order chi connectivity index (χ1) is 9.10. The minimum absolute atomic E-state index is 0.249. The lowest BCUT2D eigenvalue weighted by Crippen LogP contribution is -2.50. The number of halogens is 2. The van der Waals surface area contributed by atoms with Crippen LogP contribution in [0.15, 0.2) is 18.2 Å². The van der Waals surface area contributed by atoms with Gasteiger partial charge in [-0.25, -0.2) is 0 Å². The highest BCUT2D eigenvalue weighted by atomic mass is 127. The molecule has 106 valence electrons. The Morgan fingerprint density at radius 2 is 2.11 bits per heavy atom. The van der Waals surface area contributed by atoms with Crippen LogP contribution in [-0.2, 0) is 0 Å². The van der Waals surface area contributed by atoms with Crippen molar-refractivity contribution in [3.63, 3.8) is 0 Å². The van der Waals surface area contributed by atoms with Crippen LogP contribution in [0.5, 0.6) is 0 Å². The topological polar surface area (TPSA) is 15.3 Å². The van der Waals surface area contributed by atoms with E-state index in [0.29, 0.717) is 0 Å². The first-order valence-corrected chi connectivity index (χ1v) is 8.51. The maximum atomic E-state index is 6.06. The molecule has 0 radical (unpaired) electrons. The highest BCUT2D eigenvalue weighted by molar-refractivity contribution is 14.1. The number of anilines is 1. The van der Waals surface area contributed by atoms with Gasteiger partial charge < -0.3 is 10.2 Å². The van der Waals surface area contributed by atoms with Gasteiger partial charge in [-0.1, -0.05) is 25.4 Å². The maximum Gasteiger partial charge on any atom is 0.0503 e. The van der Waals surface area contributed by atoms with E-state index in [4.69, 9.17) is 11.6 Å². The largest absolute Gasteiger partial charge is 0.369 e. The number of nitrogens with one attached hydrogen (secondary N) is 1. The SMILES string of the molecule is CCC1(CC)CN(c2ccc(Cl)cc2I)CCCN1. The van der Waals surface area contributed by atoms with Crippen molar-refractivity contribution in [2.45, 2.75) is 38.6 Å². The van der Waals surface area contributed by atoms with E-state index in [9.17, 15) is 0 Å². The van der Waals surface area contributed by atoms with Crippen LogP contribution in [0.2, 0.25) is 5.02 Å². The van der Waals surface area contributed by atoms with Crippen molar-refractivity contribution in [3.05, 3.63) is 26.8 Å². The average Bonchev–Trinajstić information content (AvgIpc) is 2.62. The lowest BCUT2D eigenvalue weighted by Gasteiger charge is -2.36. The normalized spacial score (nSPS) is 19.3. The summed E-state index contributed by atoms with van der Waals surface area (Å²) in [5.41, 5.74) is 1.57. The van der Waals surface area contributed by atoms with Crippen molar-refractivity contribution in [1.29, 1.82) is 0 Å². The van der Waals surface area contributed by atoms with E-state index < -0.39 is 0 Å². The first-order valence-electron chi connectivity index (χ1n) is 7.05. The molecule has 0 spiro atoms. The molecule has 0 bridgehead atoms. The first kappa shape index (κ1) is 15.4. The Labute approximate surface area is 135 Å². The van der Waals surface area contributed by atoms with Crippen LogP contribution in [0.25, 0.3) is 0 Å². The standard InChI is InChI=1S/C15H22ClIN2/c1-3-15(4-2)11-19(9-5-8-18-15)14-7-6-12(16)10-13(14)17/h6-7,10,18H,3-5,8-9,11H2,1-2H3. The number of benzene rings is 1. The molecule has 2 rings (SSSR count). The van der Waals surface area contributed by atoms with Gasteiger partial charge in [0.2, 0.25) is 0 Å². The van der Waals surface area contributed by atoms with Crippen molar-refractivity contribution in [2.75, 3.05) is 24.5 Å². The lowest BCUT2D eigenvalue weighted by atomic mass is 9.92. The summed E-state index contributed by atoms with van der Waals surface area (Å²) in [6, 6.07) is 6.21. The highest BCUT2D eigenvalue weighted by Crippen LogP contribution is 2.29. The van der Waals surface area contributed by atoms with E-state index >= 15 is 0 Å². The van der Waals surface area contributed by atoms with Crippen molar-refractivity contribution >= 4 is 39.9 Å². The average molecular weight is 393 g/mol. The maximum absolute atomic E-state index is 6.06. The Balaban J connectivity index is 2.27. The molecule has 19 heavy (non-hydrogen) atoms. The number of hydrogen-bond acceptors (Lipinski definition) is 2. The Morgan fingerprint density at radius 1 is 1.37 bits per heavy atom. The monoisotopic (exact) mass is 392 g/mol. The molecule has 1 fully saturated rings. The Bertz CT molecular complexity index is 432. The molecule has 1 aliphatic rings. The van der Waals surface area contributed by atoms with Gasteiger partial charge in [0.25, 0.3) is 0 Å². The van der Waals surface area contributed by atoms with Gasteiger partial charge in [-0.3, -0.25) is 0 Å². The third kappa shape index (κ3) is 3.56. The molecule has 0 aromatic heterocycles. The fraction of sp³-hybridized carbons (Fsp3) is 0.600. The molecular formula is C15H22ClIN2. The molecule has 0 atom stereocenters. The molecule has 0 unspecified atom stereocenters. The summed E-state index contributed by atoms with van der Waals surface area (Å²) in [6.07, 6.45) is 3.54. The van der Waals surface area contributed by atoms with Crippen molar-refractivity contribution in [2.24, 2.45) is 0 Å². The molecule has 1 heterocycles. The summed E-state index contributed by atoms with van der Waals surface area (Å²) < 4.78 is 1.24. The fourth-order valence-corrected chi connectivity index (χ4v) is 4.00. The Hall–Kier alpha value is -0.0000000000000000763. The van der Waals surface area contributed by atoms with Gasteiger partial charge in [0.1, 0.15) is 0 Å². The second-order valence-electron chi connectivity index (χ2n) is 5.29. The predicted molar refractivity (Wildman–Crippen MR) is 92.3 cm³/mol. The van der Waals surface area contributed by atoms with Gasteiger partial charge in [-0.05, 0) is 66.6 Å². The van der Waals surface area contributed by atoms with E-state index in [1.54, 1.807) is 0 Å². The van der Waals surface area contributed by atoms with E-state index in [-0.39, 0.29) is 5.54 Å². The molecule has 0 aliphatic carbocycles. The zero-order chi connectivity index (χ0) is 13.9. The van der Waals surface area contributed by atoms with Crippen LogP contribution in [0.3, 0.4) is 0 Å². The molecule has 0 saturated carbocycles. The summed E-state index contributed by atoms with van der Waals surface area (Å²) in [4.78, 5) is 2.52. The van der Waals surface area contributed by atoms with Crippen LogP contribution in [0, 0.1) is 3.57 Å². The molecule has 4 heteroatoms. The molecule has 2 nitrogen and oxygen atoms in total. The molecule has 0 amide bonds. The molecule has 1 N–H and O–H groups in total. The zero-order valence-electron chi connectivity index (χ0n) is 11.7. The van der Waals surface area contributed by atoms with Gasteiger partial charge in [-0.15, -0.1) is 0 Å². The molecule has 1 saturated heterocycles. The number of nitrogens with zero attached hydrogens (tertiary/aromatic N) is 1. The van der Waals surface area contributed by atoms with Crippen LogP contribution in [-0.4, -0.2) is 25.2 Å². The van der Waals surface area contributed by atoms with Crippen LogP contribution in [0.4, 0.5) is 5.69 Å². The fourth-order valence-electron chi connectivity index (χ4n) is 2.79. The third-order valence-corrected chi connectivity index (χ3v) is 5.30. The van der Waals surface area contributed by atoms with Gasteiger partial charge in [0, 0.05) is 27.2 Å². The second-order valence-corrected chi connectivity index (χ2v) is 6.88. The summed E-state index contributed by atoms with van der Waals surface area (Å²) in [5.74, 6) is 0. The summed E-state index contributed by atoms with van der Waals surface area (Å²) in [6.45, 7) is 7.88. The Kier molecular flexibility index (Phi) is 5.37. The van der Waals surface area contributed by atoms with Crippen LogP contribution in [0.1, 0.15) is 33.1 Å². The quantitative estimate of drug-likeness (QED) is 0.771. The van der Waals surface area contributed by atoms with Gasteiger partial charge in [-0.2, -0.15) is 0 Å². The molecule has 1 aliphatic heterocycles. The highest BCUT2D eigenvalue weighted by Gasteiger charge is 2.30. The van der Waals surface area contributed by atoms with E-state index in [0.717, 1.165) is 24.7 Å². The minimum atomic E-state index is 0.249. The smallest absolute Gasteiger partial charge is 0.0503 e. The lowest BCUT2D eigenvalue weighted by molar-refractivity contribution is 0.321. The summed E-state index contributed by atoms with van der Waals surface area (Å²) in [7, 11) is 0. The third-order valence-electron chi connectivity index (χ3n) is 4.20. The number of rotatable bonds is 3. The van der Waals surface area contributed by atoms with E-state index in [1.165, 1.54) is 28.5 Å². The van der Waals surface area contributed by atoms with Gasteiger partial charge in [0.15, 0.2) is 0 Å². The minimum Gasteiger partial charge on any atom is -0.369 e. The second kappa shape index (κ2) is 6.64. The molecule has 1 aromatic rings. The van der Waals surface area contributed by atoms with Crippen LogP contribution >= 0.6 is 34.2 Å². The zero-order valence-corrected chi connectivity index (χ0v) is 14.6. The van der Waals surface area contributed by atoms with Gasteiger partial charge >= 0.3 is 0 Å². The van der Waals surface area contributed by atoms with Crippen molar-refractivity contribution in [3.8, 4) is 0 Å². The van der Waals surface area contributed by atoms with Gasteiger partial charge in [0.05, 0.1) is 5.69 Å². The van der Waals surface area contributed by atoms with Crippen molar-refractivity contribution in [1.82, 2.24) is 5.32 Å². The molecule has 1 aromatic carbocycles. The van der Waals surface area contributed by atoms with Crippen LogP contribution < -0.4 is 10.2 Å². The summed E-state index contributed by atoms with van der Waals surface area (Å²) in [5, 5.41) is 4.57. The van der Waals surface area contributed by atoms with E-state index in [2.05, 4.69) is 58.8 Å². The molecular weight excluding hydrogens is 371 g/mol. The summed E-state index contributed by atoms with van der Waals surface area (Å²) >= 11 is 8.45. The van der Waals surface area contributed by atoms with E-state index in [1.807, 2.05) is 6.07 Å². The van der Waals surface area contributed by atoms with Crippen molar-refractivity contribution < 1.29 is 0 Å². The number of hydrogen-bond donors (Lipinski definition) is 1.